The number of nitrogens with zero attached hydrogens (tertiary/aromatic N) is 2. The van der Waals surface area contributed by atoms with Gasteiger partial charge in [0.1, 0.15) is 11.6 Å². The van der Waals surface area contributed by atoms with Crippen LogP contribution in [0.2, 0.25) is 0 Å². The Morgan fingerprint density at radius 3 is 3.00 bits per heavy atom. The van der Waals surface area contributed by atoms with Crippen LogP contribution in [0.15, 0.2) is 23.0 Å². The van der Waals surface area contributed by atoms with Crippen LogP contribution >= 0.6 is 0 Å². The fourth-order valence-electron chi connectivity index (χ4n) is 2.64. The number of amides is 1. The molecule has 21 heavy (non-hydrogen) atoms. The zero-order valence-electron chi connectivity index (χ0n) is 11.7. The topological polar surface area (TPSA) is 87.2 Å². The first-order valence-electron chi connectivity index (χ1n) is 7.10. The number of benzene rings is 1. The van der Waals surface area contributed by atoms with Gasteiger partial charge in [0.2, 0.25) is 0 Å². The Labute approximate surface area is 121 Å². The predicted molar refractivity (Wildman–Crippen MR) is 78.2 cm³/mol. The van der Waals surface area contributed by atoms with E-state index in [1.165, 1.54) is 0 Å². The van der Waals surface area contributed by atoms with E-state index in [0.29, 0.717) is 23.2 Å². The van der Waals surface area contributed by atoms with E-state index < -0.39 is 5.91 Å². The van der Waals surface area contributed by atoms with Crippen LogP contribution < -0.4 is 16.0 Å². The summed E-state index contributed by atoms with van der Waals surface area (Å²) in [6.45, 7) is 0.509. The predicted octanol–water partition coefficient (Wildman–Crippen LogP) is 0.987. The molecule has 0 atom stereocenters. The van der Waals surface area contributed by atoms with E-state index in [0.717, 1.165) is 31.5 Å². The van der Waals surface area contributed by atoms with Crippen molar-refractivity contribution in [3.8, 4) is 5.75 Å². The summed E-state index contributed by atoms with van der Waals surface area (Å²) >= 11 is 0. The van der Waals surface area contributed by atoms with Gasteiger partial charge in [0.15, 0.2) is 6.61 Å². The lowest BCUT2D eigenvalue weighted by atomic mass is 10.2. The van der Waals surface area contributed by atoms with Gasteiger partial charge in [-0.1, -0.05) is 6.42 Å². The second-order valence-electron chi connectivity index (χ2n) is 5.23. The molecule has 2 N–H and O–H groups in total. The molecule has 0 fully saturated rings. The third-order valence-corrected chi connectivity index (χ3v) is 3.67. The number of ether oxygens (including phenoxy) is 1. The minimum atomic E-state index is -0.549. The molecule has 0 unspecified atom stereocenters. The first-order valence-corrected chi connectivity index (χ1v) is 7.10. The number of carbonyl (C=O) groups is 1. The summed E-state index contributed by atoms with van der Waals surface area (Å²) in [6.07, 6.45) is 4.02. The van der Waals surface area contributed by atoms with Gasteiger partial charge in [-0.2, -0.15) is 0 Å². The first kappa shape index (κ1) is 13.6. The summed E-state index contributed by atoms with van der Waals surface area (Å²) in [4.78, 5) is 27.9. The lowest BCUT2D eigenvalue weighted by Crippen LogP contribution is -2.24. The van der Waals surface area contributed by atoms with E-state index in [1.54, 1.807) is 22.8 Å². The molecule has 1 aliphatic heterocycles. The Bertz CT molecular complexity index is 752. The van der Waals surface area contributed by atoms with E-state index in [2.05, 4.69) is 4.98 Å². The third kappa shape index (κ3) is 2.74. The largest absolute Gasteiger partial charge is 0.484 e. The number of primary amides is 1. The van der Waals surface area contributed by atoms with E-state index >= 15 is 0 Å². The zero-order valence-corrected chi connectivity index (χ0v) is 11.7. The molecule has 1 aromatic carbocycles. The molecular formula is C15H17N3O3. The van der Waals surface area contributed by atoms with Crippen molar-refractivity contribution in [2.75, 3.05) is 6.61 Å². The molecule has 6 nitrogen and oxygen atoms in total. The first-order chi connectivity index (χ1) is 10.1. The molecule has 0 saturated carbocycles. The van der Waals surface area contributed by atoms with Crippen LogP contribution in [-0.4, -0.2) is 22.1 Å². The van der Waals surface area contributed by atoms with Crippen molar-refractivity contribution in [3.05, 3.63) is 34.4 Å². The maximum atomic E-state index is 12.6. The van der Waals surface area contributed by atoms with Gasteiger partial charge >= 0.3 is 0 Å². The van der Waals surface area contributed by atoms with Crippen molar-refractivity contribution in [1.29, 1.82) is 0 Å². The Balaban J connectivity index is 2.06. The second kappa shape index (κ2) is 5.55. The molecule has 1 aromatic heterocycles. The molecule has 0 spiro atoms. The summed E-state index contributed by atoms with van der Waals surface area (Å²) in [7, 11) is 0. The standard InChI is InChI=1S/C15H17N3O3/c16-13(19)9-21-10-5-6-12-11(8-10)15(20)18-7-3-1-2-4-14(18)17-12/h5-6,8H,1-4,7,9H2,(H2,16,19). The van der Waals surface area contributed by atoms with Crippen LogP contribution in [0.1, 0.15) is 25.1 Å². The minimum Gasteiger partial charge on any atom is -0.484 e. The number of aryl methyl sites for hydroxylation is 1. The molecule has 1 aliphatic rings. The average Bonchev–Trinajstić information content (AvgIpc) is 2.71. The molecule has 6 heteroatoms. The van der Waals surface area contributed by atoms with Crippen molar-refractivity contribution in [3.63, 3.8) is 0 Å². The van der Waals surface area contributed by atoms with Crippen LogP contribution in [0, 0.1) is 0 Å². The molecule has 2 heterocycles. The van der Waals surface area contributed by atoms with Crippen LogP contribution in [0.3, 0.4) is 0 Å². The van der Waals surface area contributed by atoms with Gasteiger partial charge in [-0.25, -0.2) is 4.98 Å². The Kier molecular flexibility index (Phi) is 3.60. The Morgan fingerprint density at radius 1 is 1.33 bits per heavy atom. The van der Waals surface area contributed by atoms with Gasteiger partial charge < -0.3 is 10.5 Å². The molecule has 1 amide bonds. The van der Waals surface area contributed by atoms with Crippen molar-refractivity contribution in [2.24, 2.45) is 5.73 Å². The average molecular weight is 287 g/mol. The smallest absolute Gasteiger partial charge is 0.261 e. The van der Waals surface area contributed by atoms with Crippen molar-refractivity contribution in [2.45, 2.75) is 32.2 Å². The Hall–Kier alpha value is -2.37. The van der Waals surface area contributed by atoms with Crippen molar-refractivity contribution < 1.29 is 9.53 Å². The highest BCUT2D eigenvalue weighted by atomic mass is 16.5. The monoisotopic (exact) mass is 287 g/mol. The summed E-state index contributed by atoms with van der Waals surface area (Å²) in [5.74, 6) is 0.761. The summed E-state index contributed by atoms with van der Waals surface area (Å²) in [5, 5.41) is 0.516. The summed E-state index contributed by atoms with van der Waals surface area (Å²) in [6, 6.07) is 5.08. The highest BCUT2D eigenvalue weighted by molar-refractivity contribution is 5.80. The van der Waals surface area contributed by atoms with Crippen molar-refractivity contribution in [1.82, 2.24) is 9.55 Å². The number of fused-ring (bicyclic) bond motifs is 2. The lowest BCUT2D eigenvalue weighted by molar-refractivity contribution is -0.119. The third-order valence-electron chi connectivity index (χ3n) is 3.67. The fraction of sp³-hybridized carbons (Fsp3) is 0.400. The number of hydrogen-bond acceptors (Lipinski definition) is 4. The van der Waals surface area contributed by atoms with E-state index in [9.17, 15) is 9.59 Å². The summed E-state index contributed by atoms with van der Waals surface area (Å²) < 4.78 is 7.01. The maximum Gasteiger partial charge on any atom is 0.261 e. The molecule has 0 radical (unpaired) electrons. The number of hydrogen-bond donors (Lipinski definition) is 1. The lowest BCUT2D eigenvalue weighted by Gasteiger charge is -2.11. The van der Waals surface area contributed by atoms with E-state index in [4.69, 9.17) is 10.5 Å². The van der Waals surface area contributed by atoms with E-state index in [1.807, 2.05) is 0 Å². The van der Waals surface area contributed by atoms with Gasteiger partial charge in [0.25, 0.3) is 11.5 Å². The normalized spacial score (nSPS) is 14.5. The van der Waals surface area contributed by atoms with Gasteiger partial charge in [-0.05, 0) is 31.0 Å². The highest BCUT2D eigenvalue weighted by Gasteiger charge is 2.14. The quantitative estimate of drug-likeness (QED) is 0.911. The Morgan fingerprint density at radius 2 is 2.19 bits per heavy atom. The molecule has 0 bridgehead atoms. The van der Waals surface area contributed by atoms with Crippen LogP contribution in [-0.2, 0) is 17.8 Å². The molecule has 0 saturated heterocycles. The van der Waals surface area contributed by atoms with Gasteiger partial charge in [-0.3, -0.25) is 14.2 Å². The molecule has 0 aliphatic carbocycles. The number of carbonyl (C=O) groups excluding carboxylic acids is 1. The fourth-order valence-corrected chi connectivity index (χ4v) is 2.64. The van der Waals surface area contributed by atoms with Crippen LogP contribution in [0.4, 0.5) is 0 Å². The summed E-state index contributed by atoms with van der Waals surface area (Å²) in [5.41, 5.74) is 5.68. The number of aromatic nitrogens is 2. The van der Waals surface area contributed by atoms with Gasteiger partial charge in [-0.15, -0.1) is 0 Å². The number of nitrogens with two attached hydrogens (primary N) is 1. The molecule has 3 rings (SSSR count). The zero-order chi connectivity index (χ0) is 14.8. The van der Waals surface area contributed by atoms with E-state index in [-0.39, 0.29) is 12.2 Å². The molecule has 2 aromatic rings. The van der Waals surface area contributed by atoms with Gasteiger partial charge in [0.05, 0.1) is 10.9 Å². The SMILES string of the molecule is NC(=O)COc1ccc2nc3n(c(=O)c2c1)CCCCC3. The number of rotatable bonds is 3. The van der Waals surface area contributed by atoms with Crippen molar-refractivity contribution >= 4 is 16.8 Å². The molecule has 110 valence electrons. The van der Waals surface area contributed by atoms with Crippen LogP contribution in [0.5, 0.6) is 5.75 Å². The highest BCUT2D eigenvalue weighted by Crippen LogP contribution is 2.19. The second-order valence-corrected chi connectivity index (χ2v) is 5.23. The molecular weight excluding hydrogens is 270 g/mol. The maximum absolute atomic E-state index is 12.6. The van der Waals surface area contributed by atoms with Crippen LogP contribution in [0.25, 0.3) is 10.9 Å². The van der Waals surface area contributed by atoms with Gasteiger partial charge in [0, 0.05) is 13.0 Å². The minimum absolute atomic E-state index is 0.0403.